The van der Waals surface area contributed by atoms with Crippen LogP contribution in [0.15, 0.2) is 24.3 Å². The van der Waals surface area contributed by atoms with Crippen LogP contribution in [0, 0.1) is 17.5 Å². The summed E-state index contributed by atoms with van der Waals surface area (Å²) >= 11 is 0. The maximum Gasteiger partial charge on any atom is 0.276 e. The number of carbonyl (C=O) groups is 1. The fourth-order valence-electron chi connectivity index (χ4n) is 1.30. The maximum atomic E-state index is 13.3. The smallest absolute Gasteiger partial charge is 0.276 e. The first-order chi connectivity index (χ1) is 8.97. The van der Waals surface area contributed by atoms with E-state index in [1.165, 1.54) is 12.1 Å². The zero-order valence-corrected chi connectivity index (χ0v) is 9.32. The summed E-state index contributed by atoms with van der Waals surface area (Å²) in [4.78, 5) is 11.6. The van der Waals surface area contributed by atoms with Gasteiger partial charge >= 0.3 is 0 Å². The van der Waals surface area contributed by atoms with Gasteiger partial charge in [0, 0.05) is 12.1 Å². The molecular weight excluding hydrogens is 261 g/mol. The Kier molecular flexibility index (Phi) is 3.32. The lowest BCUT2D eigenvalue weighted by Crippen LogP contribution is -2.16. The minimum Gasteiger partial charge on any atom is -0.382 e. The van der Waals surface area contributed by atoms with Crippen LogP contribution in [0.1, 0.15) is 10.5 Å². The average molecular weight is 268 g/mol. The molecule has 0 unspecified atom stereocenters. The third kappa shape index (κ3) is 2.79. The first-order valence-corrected chi connectivity index (χ1v) is 5.02. The van der Waals surface area contributed by atoms with Crippen LogP contribution in [0.5, 0.6) is 0 Å². The molecule has 0 bridgehead atoms. The second-order valence-electron chi connectivity index (χ2n) is 3.55. The van der Waals surface area contributed by atoms with Crippen molar-refractivity contribution in [3.63, 3.8) is 0 Å². The predicted molar refractivity (Wildman–Crippen MR) is 60.7 cm³/mol. The zero-order valence-electron chi connectivity index (χ0n) is 9.32. The highest BCUT2D eigenvalue weighted by Crippen LogP contribution is 2.19. The molecule has 2 aromatic rings. The summed E-state index contributed by atoms with van der Waals surface area (Å²) in [6, 6.07) is 3.57. The Morgan fingerprint density at radius 1 is 1.16 bits per heavy atom. The van der Waals surface area contributed by atoms with Crippen molar-refractivity contribution in [1.29, 1.82) is 0 Å². The van der Waals surface area contributed by atoms with Gasteiger partial charge in [-0.1, -0.05) is 0 Å². The lowest BCUT2D eigenvalue weighted by molar-refractivity contribution is 0.102. The highest BCUT2D eigenvalue weighted by molar-refractivity contribution is 6.02. The molecule has 1 amide bonds. The number of nitrogen functional groups attached to an aromatic ring is 1. The fourth-order valence-corrected chi connectivity index (χ4v) is 1.30. The number of aromatic nitrogens is 2. The first kappa shape index (κ1) is 12.8. The second-order valence-corrected chi connectivity index (χ2v) is 3.55. The second kappa shape index (κ2) is 4.92. The van der Waals surface area contributed by atoms with E-state index in [0.717, 1.165) is 0 Å². The summed E-state index contributed by atoms with van der Waals surface area (Å²) in [5.74, 6) is -4.55. The Morgan fingerprint density at radius 3 is 2.53 bits per heavy atom. The van der Waals surface area contributed by atoms with Crippen molar-refractivity contribution in [3.05, 3.63) is 47.4 Å². The molecular formula is C11H7F3N4O. The number of halogens is 3. The van der Waals surface area contributed by atoms with Gasteiger partial charge in [-0.25, -0.2) is 13.2 Å². The van der Waals surface area contributed by atoms with Gasteiger partial charge in [0.25, 0.3) is 5.91 Å². The maximum absolute atomic E-state index is 13.3. The quantitative estimate of drug-likeness (QED) is 0.813. The largest absolute Gasteiger partial charge is 0.382 e. The van der Waals surface area contributed by atoms with Crippen molar-refractivity contribution in [2.75, 3.05) is 11.1 Å². The molecule has 0 radical (unpaired) electrons. The van der Waals surface area contributed by atoms with E-state index in [9.17, 15) is 18.0 Å². The zero-order chi connectivity index (χ0) is 14.0. The van der Waals surface area contributed by atoms with Crippen LogP contribution in [-0.2, 0) is 0 Å². The van der Waals surface area contributed by atoms with Crippen LogP contribution in [-0.4, -0.2) is 16.1 Å². The number of hydrogen-bond acceptors (Lipinski definition) is 4. The molecule has 3 N–H and O–H groups in total. The minimum atomic E-state index is -1.40. The van der Waals surface area contributed by atoms with E-state index in [0.29, 0.717) is 12.1 Å². The van der Waals surface area contributed by atoms with Gasteiger partial charge in [0.2, 0.25) is 0 Å². The van der Waals surface area contributed by atoms with Crippen molar-refractivity contribution in [2.24, 2.45) is 0 Å². The molecule has 0 atom stereocenters. The van der Waals surface area contributed by atoms with Gasteiger partial charge in [0.05, 0.1) is 5.69 Å². The number of nitrogens with zero attached hydrogens (tertiary/aromatic N) is 2. The summed E-state index contributed by atoms with van der Waals surface area (Å²) in [7, 11) is 0. The number of nitrogens with two attached hydrogens (primary N) is 1. The molecule has 1 aromatic carbocycles. The van der Waals surface area contributed by atoms with Crippen molar-refractivity contribution in [3.8, 4) is 0 Å². The van der Waals surface area contributed by atoms with Crippen LogP contribution in [0.3, 0.4) is 0 Å². The van der Waals surface area contributed by atoms with Gasteiger partial charge in [0.1, 0.15) is 11.6 Å². The van der Waals surface area contributed by atoms with E-state index in [4.69, 9.17) is 5.73 Å². The molecule has 0 spiro atoms. The average Bonchev–Trinajstić information content (AvgIpc) is 2.36. The van der Waals surface area contributed by atoms with E-state index < -0.39 is 29.0 Å². The molecule has 0 aliphatic heterocycles. The number of amides is 1. The van der Waals surface area contributed by atoms with Crippen molar-refractivity contribution >= 4 is 17.4 Å². The topological polar surface area (TPSA) is 80.9 Å². The number of benzene rings is 1. The van der Waals surface area contributed by atoms with Crippen molar-refractivity contribution in [2.45, 2.75) is 0 Å². The molecule has 0 aliphatic carbocycles. The summed E-state index contributed by atoms with van der Waals surface area (Å²) in [6.45, 7) is 0. The lowest BCUT2D eigenvalue weighted by Gasteiger charge is -2.06. The Labute approximate surface area is 105 Å². The lowest BCUT2D eigenvalue weighted by atomic mass is 10.2. The number of hydrogen-bond donors (Lipinski definition) is 2. The number of anilines is 2. The van der Waals surface area contributed by atoms with Crippen LogP contribution in [0.4, 0.5) is 24.7 Å². The minimum absolute atomic E-state index is 0.0968. The predicted octanol–water partition coefficient (Wildman–Crippen LogP) is 1.73. The van der Waals surface area contributed by atoms with Crippen LogP contribution in [0.2, 0.25) is 0 Å². The Bertz CT molecular complexity index is 631. The van der Waals surface area contributed by atoms with E-state index in [1.807, 2.05) is 5.32 Å². The highest BCUT2D eigenvalue weighted by Gasteiger charge is 2.15. The van der Waals surface area contributed by atoms with Gasteiger partial charge in [0.15, 0.2) is 17.3 Å². The van der Waals surface area contributed by atoms with Gasteiger partial charge in [-0.2, -0.15) is 0 Å². The summed E-state index contributed by atoms with van der Waals surface area (Å²) in [6.07, 6.45) is 0. The molecule has 1 heterocycles. The molecule has 0 fully saturated rings. The Morgan fingerprint density at radius 2 is 1.89 bits per heavy atom. The number of rotatable bonds is 2. The summed E-state index contributed by atoms with van der Waals surface area (Å²) in [5, 5.41) is 8.87. The molecule has 1 aromatic heterocycles. The van der Waals surface area contributed by atoms with E-state index in [1.54, 1.807) is 0 Å². The monoisotopic (exact) mass is 268 g/mol. The Balaban J connectivity index is 2.26. The first-order valence-electron chi connectivity index (χ1n) is 5.02. The molecule has 0 saturated carbocycles. The van der Waals surface area contributed by atoms with Crippen molar-refractivity contribution in [1.82, 2.24) is 10.2 Å². The molecule has 98 valence electrons. The van der Waals surface area contributed by atoms with Gasteiger partial charge < -0.3 is 11.1 Å². The molecule has 0 aliphatic rings. The molecule has 8 heteroatoms. The molecule has 5 nitrogen and oxygen atoms in total. The normalized spacial score (nSPS) is 10.3. The third-order valence-corrected chi connectivity index (χ3v) is 2.16. The molecule has 0 saturated heterocycles. The van der Waals surface area contributed by atoms with Crippen LogP contribution < -0.4 is 11.1 Å². The standard InChI is InChI=1S/C11H7F3N4O/c12-5-3-6(13)10(14)8(4-5)16-11(19)7-1-2-9(15)18-17-7/h1-4H,(H2,15,18)(H,16,19). The SMILES string of the molecule is Nc1ccc(C(=O)Nc2cc(F)cc(F)c2F)nn1. The van der Waals surface area contributed by atoms with Gasteiger partial charge in [-0.15, -0.1) is 10.2 Å². The van der Waals surface area contributed by atoms with E-state index >= 15 is 0 Å². The molecule has 2 rings (SSSR count). The molecule has 19 heavy (non-hydrogen) atoms. The summed E-state index contributed by atoms with van der Waals surface area (Å²) < 4.78 is 39.2. The summed E-state index contributed by atoms with van der Waals surface area (Å²) in [5.41, 5.74) is 4.49. The van der Waals surface area contributed by atoms with E-state index in [-0.39, 0.29) is 11.5 Å². The van der Waals surface area contributed by atoms with Gasteiger partial charge in [-0.05, 0) is 12.1 Å². The van der Waals surface area contributed by atoms with Crippen molar-refractivity contribution < 1.29 is 18.0 Å². The van der Waals surface area contributed by atoms with Crippen LogP contribution in [0.25, 0.3) is 0 Å². The van der Waals surface area contributed by atoms with E-state index in [2.05, 4.69) is 10.2 Å². The highest BCUT2D eigenvalue weighted by atomic mass is 19.2. The van der Waals surface area contributed by atoms with Gasteiger partial charge in [-0.3, -0.25) is 4.79 Å². The van der Waals surface area contributed by atoms with Crippen LogP contribution >= 0.6 is 0 Å². The Hall–Kier alpha value is -2.64. The fraction of sp³-hybridized carbons (Fsp3) is 0. The number of nitrogens with one attached hydrogen (secondary N) is 1. The third-order valence-electron chi connectivity index (χ3n) is 2.16. The number of carbonyl (C=O) groups excluding carboxylic acids is 1.